The van der Waals surface area contributed by atoms with Crippen LogP contribution in [0.3, 0.4) is 0 Å². The molecule has 1 fully saturated rings. The fraction of sp³-hybridized carbons (Fsp3) is 0.929. The number of rotatable bonds is 7. The van der Waals surface area contributed by atoms with Crippen LogP contribution in [-0.4, -0.2) is 22.8 Å². The van der Waals surface area contributed by atoms with Gasteiger partial charge in [-0.1, -0.05) is 26.7 Å². The second kappa shape index (κ2) is 6.39. The van der Waals surface area contributed by atoms with E-state index >= 15 is 0 Å². The molecule has 1 saturated heterocycles. The van der Waals surface area contributed by atoms with Crippen molar-refractivity contribution in [2.24, 2.45) is 5.92 Å². The third-order valence-electron chi connectivity index (χ3n) is 3.83. The lowest BCUT2D eigenvalue weighted by Crippen LogP contribution is -2.32. The summed E-state index contributed by atoms with van der Waals surface area (Å²) in [5.74, 6) is 0.240. The highest BCUT2D eigenvalue weighted by atomic mass is 16.5. The molecule has 0 aromatic carbocycles. The number of carbonyl (C=O) groups excluding carboxylic acids is 1. The molecule has 1 unspecified atom stereocenters. The van der Waals surface area contributed by atoms with Gasteiger partial charge < -0.3 is 9.84 Å². The third-order valence-corrected chi connectivity index (χ3v) is 3.83. The summed E-state index contributed by atoms with van der Waals surface area (Å²) in [5.41, 5.74) is -0.632. The Hall–Kier alpha value is -0.570. The zero-order valence-corrected chi connectivity index (χ0v) is 11.4. The second-order valence-electron chi connectivity index (χ2n) is 5.52. The van der Waals surface area contributed by atoms with Crippen LogP contribution in [0.1, 0.15) is 65.7 Å². The molecule has 3 nitrogen and oxygen atoms in total. The minimum absolute atomic E-state index is 0.0343. The highest BCUT2D eigenvalue weighted by Gasteiger charge is 2.34. The topological polar surface area (TPSA) is 46.5 Å². The van der Waals surface area contributed by atoms with Gasteiger partial charge in [-0.25, -0.2) is 0 Å². The van der Waals surface area contributed by atoms with Gasteiger partial charge in [0.05, 0.1) is 5.60 Å². The Kier molecular flexibility index (Phi) is 5.44. The van der Waals surface area contributed by atoms with Crippen molar-refractivity contribution >= 4 is 5.97 Å². The Morgan fingerprint density at radius 2 is 2.24 bits per heavy atom. The van der Waals surface area contributed by atoms with E-state index in [2.05, 4.69) is 6.92 Å². The lowest BCUT2D eigenvalue weighted by molar-refractivity contribution is -0.144. The number of aliphatic hydroxyl groups is 1. The van der Waals surface area contributed by atoms with E-state index in [1.54, 1.807) is 0 Å². The van der Waals surface area contributed by atoms with Crippen LogP contribution in [0, 0.1) is 5.92 Å². The van der Waals surface area contributed by atoms with Crippen molar-refractivity contribution in [3.8, 4) is 0 Å². The molecule has 100 valence electrons. The van der Waals surface area contributed by atoms with Crippen LogP contribution < -0.4 is 0 Å². The SMILES string of the molecule is CCCC[C@H](CC(C)(O)CC)[C@H]1CCC(=O)O1. The molecule has 0 bridgehead atoms. The minimum Gasteiger partial charge on any atom is -0.462 e. The van der Waals surface area contributed by atoms with E-state index in [0.717, 1.165) is 38.5 Å². The normalized spacial score (nSPS) is 25.4. The van der Waals surface area contributed by atoms with E-state index in [1.165, 1.54) is 0 Å². The predicted octanol–water partition coefficient (Wildman–Crippen LogP) is 3.05. The van der Waals surface area contributed by atoms with Gasteiger partial charge in [-0.3, -0.25) is 4.79 Å². The van der Waals surface area contributed by atoms with E-state index in [1.807, 2.05) is 13.8 Å². The first-order chi connectivity index (χ1) is 7.98. The Morgan fingerprint density at radius 3 is 2.71 bits per heavy atom. The third kappa shape index (κ3) is 4.66. The molecule has 3 heteroatoms. The average Bonchev–Trinajstić information content (AvgIpc) is 2.71. The molecule has 1 heterocycles. The molecule has 3 atom stereocenters. The summed E-state index contributed by atoms with van der Waals surface area (Å²) >= 11 is 0. The molecule has 1 rings (SSSR count). The maximum atomic E-state index is 11.2. The van der Waals surface area contributed by atoms with Gasteiger partial charge in [-0.2, -0.15) is 0 Å². The van der Waals surface area contributed by atoms with Gasteiger partial charge in [0, 0.05) is 6.42 Å². The van der Waals surface area contributed by atoms with E-state index in [-0.39, 0.29) is 12.1 Å². The zero-order valence-electron chi connectivity index (χ0n) is 11.4. The summed E-state index contributed by atoms with van der Waals surface area (Å²) in [4.78, 5) is 11.2. The Labute approximate surface area is 105 Å². The van der Waals surface area contributed by atoms with Crippen molar-refractivity contribution in [3.63, 3.8) is 0 Å². The Bertz CT molecular complexity index is 248. The maximum absolute atomic E-state index is 11.2. The summed E-state index contributed by atoms with van der Waals surface area (Å²) in [6.45, 7) is 6.04. The smallest absolute Gasteiger partial charge is 0.306 e. The summed E-state index contributed by atoms with van der Waals surface area (Å²) in [7, 11) is 0. The molecule has 0 aromatic rings. The van der Waals surface area contributed by atoms with Crippen LogP contribution in [0.15, 0.2) is 0 Å². The minimum atomic E-state index is -0.632. The number of hydrogen-bond acceptors (Lipinski definition) is 3. The first-order valence-electron chi connectivity index (χ1n) is 6.90. The lowest BCUT2D eigenvalue weighted by Gasteiger charge is -2.30. The fourth-order valence-electron chi connectivity index (χ4n) is 2.47. The summed E-state index contributed by atoms with van der Waals surface area (Å²) in [5, 5.41) is 10.2. The largest absolute Gasteiger partial charge is 0.462 e. The van der Waals surface area contributed by atoms with Crippen LogP contribution in [-0.2, 0) is 9.53 Å². The monoisotopic (exact) mass is 242 g/mol. The molecule has 0 aliphatic carbocycles. The van der Waals surface area contributed by atoms with E-state index in [9.17, 15) is 9.90 Å². The second-order valence-corrected chi connectivity index (χ2v) is 5.52. The molecular weight excluding hydrogens is 216 g/mol. The average molecular weight is 242 g/mol. The molecule has 1 aliphatic heterocycles. The van der Waals surface area contributed by atoms with E-state index < -0.39 is 5.60 Å². The molecule has 17 heavy (non-hydrogen) atoms. The van der Waals surface area contributed by atoms with Crippen LogP contribution in [0.25, 0.3) is 0 Å². The van der Waals surface area contributed by atoms with Gasteiger partial charge >= 0.3 is 5.97 Å². The Balaban J connectivity index is 2.56. The molecular formula is C14H26O3. The number of cyclic esters (lactones) is 1. The van der Waals surface area contributed by atoms with E-state index in [4.69, 9.17) is 4.74 Å². The van der Waals surface area contributed by atoms with E-state index in [0.29, 0.717) is 12.3 Å². The van der Waals surface area contributed by atoms with Crippen molar-refractivity contribution in [2.45, 2.75) is 77.4 Å². The van der Waals surface area contributed by atoms with Crippen LogP contribution in [0.5, 0.6) is 0 Å². The van der Waals surface area contributed by atoms with Gasteiger partial charge in [0.2, 0.25) is 0 Å². The standard InChI is InChI=1S/C14H26O3/c1-4-6-7-11(10-14(3,16)5-2)12-8-9-13(15)17-12/h11-12,16H,4-10H2,1-3H3/t11-,12-,14?/m1/s1. The van der Waals surface area contributed by atoms with Crippen LogP contribution in [0.4, 0.5) is 0 Å². The first-order valence-corrected chi connectivity index (χ1v) is 6.90. The van der Waals surface area contributed by atoms with Gasteiger partial charge in [-0.15, -0.1) is 0 Å². The number of ether oxygens (including phenoxy) is 1. The van der Waals surface area contributed by atoms with Crippen LogP contribution in [0.2, 0.25) is 0 Å². The predicted molar refractivity (Wildman–Crippen MR) is 67.7 cm³/mol. The highest BCUT2D eigenvalue weighted by molar-refractivity contribution is 5.71. The molecule has 0 saturated carbocycles. The fourth-order valence-corrected chi connectivity index (χ4v) is 2.47. The number of hydrogen-bond donors (Lipinski definition) is 1. The molecule has 0 aromatic heterocycles. The quantitative estimate of drug-likeness (QED) is 0.698. The molecule has 1 aliphatic rings. The number of unbranched alkanes of at least 4 members (excludes halogenated alkanes) is 1. The van der Waals surface area contributed by atoms with Crippen molar-refractivity contribution in [2.75, 3.05) is 0 Å². The number of esters is 1. The van der Waals surface area contributed by atoms with Crippen molar-refractivity contribution in [1.82, 2.24) is 0 Å². The highest BCUT2D eigenvalue weighted by Crippen LogP contribution is 2.32. The summed E-state index contributed by atoms with van der Waals surface area (Å²) in [6.07, 6.45) is 6.22. The number of carbonyl (C=O) groups is 1. The molecule has 0 amide bonds. The van der Waals surface area contributed by atoms with Gasteiger partial charge in [0.1, 0.15) is 6.10 Å². The van der Waals surface area contributed by atoms with Gasteiger partial charge in [0.25, 0.3) is 0 Å². The first kappa shape index (κ1) is 14.5. The Morgan fingerprint density at radius 1 is 1.53 bits per heavy atom. The molecule has 1 N–H and O–H groups in total. The summed E-state index contributed by atoms with van der Waals surface area (Å²) in [6, 6.07) is 0. The van der Waals surface area contributed by atoms with Crippen molar-refractivity contribution in [1.29, 1.82) is 0 Å². The summed E-state index contributed by atoms with van der Waals surface area (Å²) < 4.78 is 5.36. The van der Waals surface area contributed by atoms with Crippen molar-refractivity contribution < 1.29 is 14.6 Å². The molecule has 0 radical (unpaired) electrons. The van der Waals surface area contributed by atoms with Crippen molar-refractivity contribution in [3.05, 3.63) is 0 Å². The van der Waals surface area contributed by atoms with Crippen LogP contribution >= 0.6 is 0 Å². The van der Waals surface area contributed by atoms with Gasteiger partial charge in [0.15, 0.2) is 0 Å². The zero-order chi connectivity index (χ0) is 12.9. The van der Waals surface area contributed by atoms with Gasteiger partial charge in [-0.05, 0) is 38.5 Å². The maximum Gasteiger partial charge on any atom is 0.306 e. The lowest BCUT2D eigenvalue weighted by atomic mass is 9.83. The molecule has 0 spiro atoms.